The van der Waals surface area contributed by atoms with E-state index in [1.807, 2.05) is 18.2 Å². The molecule has 21 heavy (non-hydrogen) atoms. The van der Waals surface area contributed by atoms with Gasteiger partial charge in [0.15, 0.2) is 0 Å². The smallest absolute Gasteiger partial charge is 0.338 e. The summed E-state index contributed by atoms with van der Waals surface area (Å²) >= 11 is 0. The second kappa shape index (κ2) is 6.10. The van der Waals surface area contributed by atoms with Crippen LogP contribution in [0.2, 0.25) is 0 Å². The quantitative estimate of drug-likeness (QED) is 0.810. The standard InChI is InChI=1S/C18H19NO2/c1-21-18(20)16-9-5-8-15-10-11-19(13-17(15)16)12-14-6-3-2-4-7-14/h2-9H,10-13H2,1H3. The van der Waals surface area contributed by atoms with Crippen molar-refractivity contribution in [1.29, 1.82) is 0 Å². The van der Waals surface area contributed by atoms with Crippen molar-refractivity contribution >= 4 is 5.97 Å². The van der Waals surface area contributed by atoms with Crippen molar-refractivity contribution in [2.24, 2.45) is 0 Å². The fraction of sp³-hybridized carbons (Fsp3) is 0.278. The molecule has 1 heterocycles. The number of hydrogen-bond acceptors (Lipinski definition) is 3. The minimum absolute atomic E-state index is 0.242. The van der Waals surface area contributed by atoms with Crippen LogP contribution in [0.25, 0.3) is 0 Å². The highest BCUT2D eigenvalue weighted by Gasteiger charge is 2.22. The summed E-state index contributed by atoms with van der Waals surface area (Å²) in [6, 6.07) is 16.4. The summed E-state index contributed by atoms with van der Waals surface area (Å²) in [5.74, 6) is -0.242. The highest BCUT2D eigenvalue weighted by Crippen LogP contribution is 2.24. The van der Waals surface area contributed by atoms with Crippen LogP contribution in [0.5, 0.6) is 0 Å². The van der Waals surface area contributed by atoms with Gasteiger partial charge in [0.25, 0.3) is 0 Å². The molecule has 0 saturated carbocycles. The molecule has 108 valence electrons. The van der Waals surface area contributed by atoms with Gasteiger partial charge in [-0.2, -0.15) is 0 Å². The molecule has 2 aromatic carbocycles. The van der Waals surface area contributed by atoms with E-state index >= 15 is 0 Å². The monoisotopic (exact) mass is 281 g/mol. The molecular weight excluding hydrogens is 262 g/mol. The molecule has 0 aliphatic carbocycles. The largest absolute Gasteiger partial charge is 0.465 e. The Kier molecular flexibility index (Phi) is 4.02. The number of carbonyl (C=O) groups excluding carboxylic acids is 1. The Morgan fingerprint density at radius 2 is 1.95 bits per heavy atom. The van der Waals surface area contributed by atoms with Gasteiger partial charge in [-0.3, -0.25) is 4.90 Å². The number of fused-ring (bicyclic) bond motifs is 1. The van der Waals surface area contributed by atoms with Crippen molar-refractivity contribution in [1.82, 2.24) is 4.90 Å². The molecule has 0 amide bonds. The van der Waals surface area contributed by atoms with E-state index in [1.165, 1.54) is 18.2 Å². The van der Waals surface area contributed by atoms with Crippen LogP contribution in [0.4, 0.5) is 0 Å². The summed E-state index contributed by atoms with van der Waals surface area (Å²) in [5, 5.41) is 0. The number of ether oxygens (including phenoxy) is 1. The van der Waals surface area contributed by atoms with E-state index in [1.54, 1.807) is 0 Å². The van der Waals surface area contributed by atoms with Crippen LogP contribution < -0.4 is 0 Å². The number of methoxy groups -OCH3 is 1. The predicted octanol–water partition coefficient (Wildman–Crippen LogP) is 3.03. The molecule has 0 bridgehead atoms. The van der Waals surface area contributed by atoms with E-state index in [0.717, 1.165) is 31.6 Å². The molecule has 0 radical (unpaired) electrons. The minimum Gasteiger partial charge on any atom is -0.465 e. The molecule has 0 fully saturated rings. The van der Waals surface area contributed by atoms with Gasteiger partial charge in [-0.1, -0.05) is 42.5 Å². The lowest BCUT2D eigenvalue weighted by atomic mass is 9.94. The lowest BCUT2D eigenvalue weighted by Gasteiger charge is -2.29. The SMILES string of the molecule is COC(=O)c1cccc2c1CN(Cc1ccccc1)CC2. The second-order valence-electron chi connectivity index (χ2n) is 5.38. The Morgan fingerprint density at radius 1 is 1.14 bits per heavy atom. The number of nitrogens with zero attached hydrogens (tertiary/aromatic N) is 1. The first-order chi connectivity index (χ1) is 10.3. The van der Waals surface area contributed by atoms with Crippen LogP contribution >= 0.6 is 0 Å². The Bertz CT molecular complexity index is 637. The van der Waals surface area contributed by atoms with Crippen LogP contribution in [0, 0.1) is 0 Å². The summed E-state index contributed by atoms with van der Waals surface area (Å²) in [5.41, 5.74) is 4.39. The van der Waals surface area contributed by atoms with Crippen LogP contribution in [0.3, 0.4) is 0 Å². The summed E-state index contributed by atoms with van der Waals surface area (Å²) in [7, 11) is 1.44. The first-order valence-electron chi connectivity index (χ1n) is 7.23. The van der Waals surface area contributed by atoms with Gasteiger partial charge in [0, 0.05) is 19.6 Å². The van der Waals surface area contributed by atoms with Gasteiger partial charge in [-0.15, -0.1) is 0 Å². The van der Waals surface area contributed by atoms with Crippen LogP contribution in [-0.4, -0.2) is 24.5 Å². The molecule has 0 spiro atoms. The Hall–Kier alpha value is -2.13. The number of esters is 1. The number of benzene rings is 2. The van der Waals surface area contributed by atoms with Gasteiger partial charge in [0.1, 0.15) is 0 Å². The molecule has 3 rings (SSSR count). The molecule has 1 aliphatic rings. The van der Waals surface area contributed by atoms with E-state index in [0.29, 0.717) is 5.56 Å². The van der Waals surface area contributed by atoms with E-state index in [2.05, 4.69) is 35.2 Å². The molecule has 1 aliphatic heterocycles. The van der Waals surface area contributed by atoms with E-state index in [-0.39, 0.29) is 5.97 Å². The third-order valence-electron chi connectivity index (χ3n) is 4.01. The molecule has 0 saturated heterocycles. The molecule has 2 aromatic rings. The zero-order valence-corrected chi connectivity index (χ0v) is 12.2. The van der Waals surface area contributed by atoms with E-state index in [4.69, 9.17) is 4.74 Å². The summed E-state index contributed by atoms with van der Waals surface area (Å²) in [6.45, 7) is 2.73. The van der Waals surface area contributed by atoms with Gasteiger partial charge >= 0.3 is 5.97 Å². The van der Waals surface area contributed by atoms with Crippen molar-refractivity contribution in [3.8, 4) is 0 Å². The van der Waals surface area contributed by atoms with Gasteiger partial charge < -0.3 is 4.74 Å². The zero-order chi connectivity index (χ0) is 14.7. The Balaban J connectivity index is 1.82. The van der Waals surface area contributed by atoms with Gasteiger partial charge in [-0.05, 0) is 29.2 Å². The molecule has 0 aromatic heterocycles. The normalized spacial score (nSPS) is 14.5. The van der Waals surface area contributed by atoms with Crippen molar-refractivity contribution < 1.29 is 9.53 Å². The maximum absolute atomic E-state index is 11.9. The maximum Gasteiger partial charge on any atom is 0.338 e. The first-order valence-corrected chi connectivity index (χ1v) is 7.23. The molecule has 3 heteroatoms. The van der Waals surface area contributed by atoms with Crippen LogP contribution in [0.1, 0.15) is 27.0 Å². The van der Waals surface area contributed by atoms with Crippen LogP contribution in [-0.2, 0) is 24.2 Å². The summed E-state index contributed by atoms with van der Waals surface area (Å²) < 4.78 is 4.90. The summed E-state index contributed by atoms with van der Waals surface area (Å²) in [6.07, 6.45) is 0.979. The maximum atomic E-state index is 11.9. The lowest BCUT2D eigenvalue weighted by molar-refractivity contribution is 0.0597. The topological polar surface area (TPSA) is 29.5 Å². The third kappa shape index (κ3) is 2.98. The lowest BCUT2D eigenvalue weighted by Crippen LogP contribution is -2.31. The molecular formula is C18H19NO2. The van der Waals surface area contributed by atoms with Gasteiger partial charge in [0.2, 0.25) is 0 Å². The Labute approximate surface area is 125 Å². The highest BCUT2D eigenvalue weighted by molar-refractivity contribution is 5.91. The fourth-order valence-corrected chi connectivity index (χ4v) is 2.91. The van der Waals surface area contributed by atoms with E-state index < -0.39 is 0 Å². The summed E-state index contributed by atoms with van der Waals surface area (Å²) in [4.78, 5) is 14.3. The second-order valence-corrected chi connectivity index (χ2v) is 5.38. The predicted molar refractivity (Wildman–Crippen MR) is 82.0 cm³/mol. The van der Waals surface area contributed by atoms with Crippen LogP contribution in [0.15, 0.2) is 48.5 Å². The first kappa shape index (κ1) is 13.8. The molecule has 0 unspecified atom stereocenters. The van der Waals surface area contributed by atoms with Crippen molar-refractivity contribution in [3.63, 3.8) is 0 Å². The van der Waals surface area contributed by atoms with E-state index in [9.17, 15) is 4.79 Å². The number of rotatable bonds is 3. The Morgan fingerprint density at radius 3 is 2.71 bits per heavy atom. The molecule has 3 nitrogen and oxygen atoms in total. The average molecular weight is 281 g/mol. The van der Waals surface area contributed by atoms with Gasteiger partial charge in [0.05, 0.1) is 12.7 Å². The average Bonchev–Trinajstić information content (AvgIpc) is 2.54. The number of hydrogen-bond donors (Lipinski definition) is 0. The fourth-order valence-electron chi connectivity index (χ4n) is 2.91. The van der Waals surface area contributed by atoms with Crippen molar-refractivity contribution in [2.75, 3.05) is 13.7 Å². The minimum atomic E-state index is -0.242. The molecule has 0 N–H and O–H groups in total. The highest BCUT2D eigenvalue weighted by atomic mass is 16.5. The number of carbonyl (C=O) groups is 1. The van der Waals surface area contributed by atoms with Gasteiger partial charge in [-0.25, -0.2) is 4.79 Å². The van der Waals surface area contributed by atoms with Crippen molar-refractivity contribution in [3.05, 3.63) is 70.8 Å². The van der Waals surface area contributed by atoms with Crippen molar-refractivity contribution in [2.45, 2.75) is 19.5 Å². The third-order valence-corrected chi connectivity index (χ3v) is 4.01. The zero-order valence-electron chi connectivity index (χ0n) is 12.2. The molecule has 0 atom stereocenters.